The Bertz CT molecular complexity index is 436. The predicted octanol–water partition coefficient (Wildman–Crippen LogP) is 2.22. The number of nitrogens with one attached hydrogen (secondary N) is 1. The Morgan fingerprint density at radius 3 is 2.88 bits per heavy atom. The molecular formula is C10H11ClN2O4. The van der Waals surface area contributed by atoms with Crippen molar-refractivity contribution in [2.24, 2.45) is 0 Å². The average molecular weight is 259 g/mol. The van der Waals surface area contributed by atoms with E-state index < -0.39 is 10.9 Å². The molecule has 0 heterocycles. The maximum Gasteiger partial charge on any atom is 0.325 e. The van der Waals surface area contributed by atoms with Crippen LogP contribution in [0.5, 0.6) is 0 Å². The molecule has 0 bridgehead atoms. The van der Waals surface area contributed by atoms with E-state index >= 15 is 0 Å². The van der Waals surface area contributed by atoms with Crippen LogP contribution in [0.4, 0.5) is 11.4 Å². The van der Waals surface area contributed by atoms with Crippen molar-refractivity contribution in [2.75, 3.05) is 18.5 Å². The van der Waals surface area contributed by atoms with E-state index in [9.17, 15) is 14.9 Å². The summed E-state index contributed by atoms with van der Waals surface area (Å²) in [5.41, 5.74) is 0.0502. The number of ether oxygens (including phenoxy) is 1. The number of hydrogen-bond acceptors (Lipinski definition) is 5. The van der Waals surface area contributed by atoms with Crippen molar-refractivity contribution >= 4 is 28.9 Å². The Hall–Kier alpha value is -1.82. The number of nitrogens with zero attached hydrogens (tertiary/aromatic N) is 1. The van der Waals surface area contributed by atoms with Crippen molar-refractivity contribution in [3.05, 3.63) is 33.3 Å². The van der Waals surface area contributed by atoms with Crippen LogP contribution in [0.2, 0.25) is 5.02 Å². The number of rotatable bonds is 5. The molecule has 0 saturated heterocycles. The third kappa shape index (κ3) is 3.92. The molecule has 0 fully saturated rings. The quantitative estimate of drug-likeness (QED) is 0.497. The highest BCUT2D eigenvalue weighted by molar-refractivity contribution is 6.30. The van der Waals surface area contributed by atoms with Crippen molar-refractivity contribution in [1.29, 1.82) is 0 Å². The molecule has 1 aromatic rings. The summed E-state index contributed by atoms with van der Waals surface area (Å²) < 4.78 is 4.69. The molecule has 7 heteroatoms. The molecule has 0 aliphatic carbocycles. The van der Waals surface area contributed by atoms with Gasteiger partial charge in [0.15, 0.2) is 0 Å². The highest BCUT2D eigenvalue weighted by Gasteiger charge is 2.14. The zero-order valence-corrected chi connectivity index (χ0v) is 9.86. The Morgan fingerprint density at radius 2 is 2.29 bits per heavy atom. The topological polar surface area (TPSA) is 81.5 Å². The van der Waals surface area contributed by atoms with Gasteiger partial charge in [0.25, 0.3) is 5.69 Å². The predicted molar refractivity (Wildman–Crippen MR) is 63.2 cm³/mol. The lowest BCUT2D eigenvalue weighted by molar-refractivity contribution is -0.383. The van der Waals surface area contributed by atoms with Gasteiger partial charge in [-0.1, -0.05) is 11.6 Å². The van der Waals surface area contributed by atoms with E-state index in [0.29, 0.717) is 0 Å². The van der Waals surface area contributed by atoms with Crippen molar-refractivity contribution in [3.63, 3.8) is 0 Å². The summed E-state index contributed by atoms with van der Waals surface area (Å²) in [6, 6.07) is 4.16. The summed E-state index contributed by atoms with van der Waals surface area (Å²) in [6.45, 7) is 1.82. The number of nitro benzene ring substituents is 1. The number of hydrogen-bond donors (Lipinski definition) is 1. The van der Waals surface area contributed by atoms with Crippen molar-refractivity contribution in [1.82, 2.24) is 0 Å². The maximum absolute atomic E-state index is 11.1. The van der Waals surface area contributed by atoms with E-state index in [0.717, 1.165) is 0 Å². The van der Waals surface area contributed by atoms with Gasteiger partial charge in [0.2, 0.25) is 0 Å². The average Bonchev–Trinajstić information content (AvgIpc) is 2.27. The van der Waals surface area contributed by atoms with Gasteiger partial charge in [0.05, 0.1) is 11.5 Å². The minimum atomic E-state index is -0.570. The molecule has 0 spiro atoms. The standard InChI is InChI=1S/C10H11ClN2O4/c1-2-17-10(14)6-12-8-4-3-7(11)5-9(8)13(15)16/h3-5,12H,2,6H2,1H3. The van der Waals surface area contributed by atoms with E-state index in [1.54, 1.807) is 6.92 Å². The SMILES string of the molecule is CCOC(=O)CNc1ccc(Cl)cc1[N+](=O)[O-]. The molecule has 0 aromatic heterocycles. The number of esters is 1. The second kappa shape index (κ2) is 6.05. The minimum Gasteiger partial charge on any atom is -0.465 e. The molecule has 0 amide bonds. The van der Waals surface area contributed by atoms with Crippen LogP contribution in [-0.4, -0.2) is 24.0 Å². The highest BCUT2D eigenvalue weighted by atomic mass is 35.5. The Labute approximate surface area is 103 Å². The van der Waals surface area contributed by atoms with Crippen LogP contribution in [0.15, 0.2) is 18.2 Å². The summed E-state index contributed by atoms with van der Waals surface area (Å²) in [6.07, 6.45) is 0. The number of carbonyl (C=O) groups is 1. The minimum absolute atomic E-state index is 0.129. The molecule has 1 N–H and O–H groups in total. The Kier molecular flexibility index (Phi) is 4.71. The number of benzene rings is 1. The van der Waals surface area contributed by atoms with Gasteiger partial charge in [-0.3, -0.25) is 14.9 Å². The number of carbonyl (C=O) groups excluding carboxylic acids is 1. The second-order valence-corrected chi connectivity index (χ2v) is 3.51. The zero-order chi connectivity index (χ0) is 12.8. The van der Waals surface area contributed by atoms with Gasteiger partial charge in [0, 0.05) is 11.1 Å². The molecule has 0 radical (unpaired) electrons. The Morgan fingerprint density at radius 1 is 1.59 bits per heavy atom. The fraction of sp³-hybridized carbons (Fsp3) is 0.300. The van der Waals surface area contributed by atoms with E-state index in [1.807, 2.05) is 0 Å². The summed E-state index contributed by atoms with van der Waals surface area (Å²) >= 11 is 5.65. The van der Waals surface area contributed by atoms with Gasteiger partial charge in [-0.15, -0.1) is 0 Å². The van der Waals surface area contributed by atoms with Gasteiger partial charge in [-0.2, -0.15) is 0 Å². The maximum atomic E-state index is 11.1. The molecule has 0 unspecified atom stereocenters. The molecule has 0 atom stereocenters. The van der Waals surface area contributed by atoms with Crippen LogP contribution in [0.1, 0.15) is 6.92 Å². The highest BCUT2D eigenvalue weighted by Crippen LogP contribution is 2.27. The van der Waals surface area contributed by atoms with E-state index in [2.05, 4.69) is 5.32 Å². The molecule has 0 aliphatic rings. The lowest BCUT2D eigenvalue weighted by Crippen LogP contribution is -2.17. The zero-order valence-electron chi connectivity index (χ0n) is 9.10. The lowest BCUT2D eigenvalue weighted by Gasteiger charge is -2.06. The molecule has 6 nitrogen and oxygen atoms in total. The van der Waals surface area contributed by atoms with Crippen LogP contribution < -0.4 is 5.32 Å². The van der Waals surface area contributed by atoms with E-state index in [1.165, 1.54) is 18.2 Å². The summed E-state index contributed by atoms with van der Waals surface area (Å²) in [4.78, 5) is 21.2. The first kappa shape index (κ1) is 13.2. The monoisotopic (exact) mass is 258 g/mol. The first-order valence-corrected chi connectivity index (χ1v) is 5.25. The lowest BCUT2D eigenvalue weighted by atomic mass is 10.2. The van der Waals surface area contributed by atoms with Crippen LogP contribution in [0.3, 0.4) is 0 Å². The van der Waals surface area contributed by atoms with Crippen molar-refractivity contribution < 1.29 is 14.5 Å². The van der Waals surface area contributed by atoms with Gasteiger partial charge in [-0.25, -0.2) is 0 Å². The summed E-state index contributed by atoms with van der Waals surface area (Å²) in [5, 5.41) is 13.6. The van der Waals surface area contributed by atoms with Crippen molar-refractivity contribution in [3.8, 4) is 0 Å². The molecule has 1 aromatic carbocycles. The largest absolute Gasteiger partial charge is 0.465 e. The number of halogens is 1. The first-order valence-electron chi connectivity index (χ1n) is 4.88. The van der Waals surface area contributed by atoms with Gasteiger partial charge in [0.1, 0.15) is 12.2 Å². The molecule has 17 heavy (non-hydrogen) atoms. The van der Waals surface area contributed by atoms with Gasteiger partial charge < -0.3 is 10.1 Å². The smallest absolute Gasteiger partial charge is 0.325 e. The van der Waals surface area contributed by atoms with Gasteiger partial charge in [-0.05, 0) is 19.1 Å². The molecule has 0 saturated carbocycles. The molecule has 0 aliphatic heterocycles. The Balaban J connectivity index is 2.77. The third-order valence-electron chi connectivity index (χ3n) is 1.88. The van der Waals surface area contributed by atoms with Crippen molar-refractivity contribution in [2.45, 2.75) is 6.92 Å². The van der Waals surface area contributed by atoms with E-state index in [-0.39, 0.29) is 29.5 Å². The number of anilines is 1. The van der Waals surface area contributed by atoms with Gasteiger partial charge >= 0.3 is 5.97 Å². The van der Waals surface area contributed by atoms with Crippen LogP contribution >= 0.6 is 11.6 Å². The molecule has 92 valence electrons. The normalized spacial score (nSPS) is 9.76. The molecule has 1 rings (SSSR count). The van der Waals surface area contributed by atoms with E-state index in [4.69, 9.17) is 16.3 Å². The van der Waals surface area contributed by atoms with Crippen LogP contribution in [0.25, 0.3) is 0 Å². The first-order chi connectivity index (χ1) is 8.04. The summed E-state index contributed by atoms with van der Waals surface area (Å²) in [5.74, 6) is -0.475. The second-order valence-electron chi connectivity index (χ2n) is 3.08. The van der Waals surface area contributed by atoms with Crippen LogP contribution in [-0.2, 0) is 9.53 Å². The molecular weight excluding hydrogens is 248 g/mol. The van der Waals surface area contributed by atoms with Crippen LogP contribution in [0, 0.1) is 10.1 Å². The third-order valence-corrected chi connectivity index (χ3v) is 2.12. The number of nitro groups is 1. The fourth-order valence-electron chi connectivity index (χ4n) is 1.18. The fourth-order valence-corrected chi connectivity index (χ4v) is 1.35. The summed E-state index contributed by atoms with van der Waals surface area (Å²) in [7, 11) is 0.